The molecule has 0 atom stereocenters. The van der Waals surface area contributed by atoms with Crippen molar-refractivity contribution in [2.75, 3.05) is 0 Å². The van der Waals surface area contributed by atoms with Crippen molar-refractivity contribution in [3.63, 3.8) is 0 Å². The van der Waals surface area contributed by atoms with Crippen molar-refractivity contribution >= 4 is 44.9 Å². The second-order valence-corrected chi connectivity index (χ2v) is 7.00. The Bertz CT molecular complexity index is 1420. The van der Waals surface area contributed by atoms with Gasteiger partial charge < -0.3 is 4.42 Å². The maximum absolute atomic E-state index is 6.14. The molecular weight excluding hydrogens is 328 g/mol. The Morgan fingerprint density at radius 2 is 1.48 bits per heavy atom. The van der Waals surface area contributed by atoms with Crippen molar-refractivity contribution in [3.05, 3.63) is 94.9 Å². The first-order chi connectivity index (χ1) is 13.2. The van der Waals surface area contributed by atoms with Crippen LogP contribution in [0, 0.1) is 0 Å². The van der Waals surface area contributed by atoms with Crippen LogP contribution in [0.2, 0.25) is 0 Å². The molecule has 0 saturated carbocycles. The minimum absolute atomic E-state index is 0.933. The maximum atomic E-state index is 6.14. The van der Waals surface area contributed by atoms with Gasteiger partial charge in [-0.2, -0.15) is 0 Å². The molecule has 5 rings (SSSR count). The Kier molecular flexibility index (Phi) is 3.61. The molecule has 0 aliphatic carbocycles. The van der Waals surface area contributed by atoms with E-state index in [1.54, 1.807) is 0 Å². The van der Waals surface area contributed by atoms with Gasteiger partial charge in [-0.1, -0.05) is 68.1 Å². The number of benzene rings is 4. The fourth-order valence-electron chi connectivity index (χ4n) is 4.01. The van der Waals surface area contributed by atoms with E-state index in [1.165, 1.54) is 37.9 Å². The van der Waals surface area contributed by atoms with Crippen molar-refractivity contribution in [3.8, 4) is 0 Å². The van der Waals surface area contributed by atoms with Crippen LogP contribution in [0.5, 0.6) is 0 Å². The largest absolute Gasteiger partial charge is 0.456 e. The number of hydrogen-bond donors (Lipinski definition) is 0. The quantitative estimate of drug-likeness (QED) is 0.395. The number of furan rings is 1. The van der Waals surface area contributed by atoms with Gasteiger partial charge in [0.2, 0.25) is 0 Å². The average Bonchev–Trinajstić information content (AvgIpc) is 3.05. The molecule has 0 bridgehead atoms. The first-order valence-electron chi connectivity index (χ1n) is 9.37. The van der Waals surface area contributed by atoms with E-state index < -0.39 is 0 Å². The summed E-state index contributed by atoms with van der Waals surface area (Å²) in [6, 6.07) is 27.7. The summed E-state index contributed by atoms with van der Waals surface area (Å²) >= 11 is 0. The predicted octanol–water partition coefficient (Wildman–Crippen LogP) is 5.76. The van der Waals surface area contributed by atoms with Gasteiger partial charge in [0, 0.05) is 10.8 Å². The highest BCUT2D eigenvalue weighted by Gasteiger charge is 2.11. The molecule has 4 aromatic carbocycles. The number of hydrogen-bond acceptors (Lipinski definition) is 1. The second kappa shape index (κ2) is 6.14. The van der Waals surface area contributed by atoms with E-state index in [0.29, 0.717) is 0 Å². The lowest BCUT2D eigenvalue weighted by atomic mass is 9.97. The Morgan fingerprint density at radius 3 is 2.26 bits per heavy atom. The maximum Gasteiger partial charge on any atom is 0.136 e. The fraction of sp³-hybridized carbons (Fsp3) is 0.0769. The minimum Gasteiger partial charge on any atom is -0.456 e. The van der Waals surface area contributed by atoms with Crippen molar-refractivity contribution in [1.82, 2.24) is 0 Å². The van der Waals surface area contributed by atoms with Gasteiger partial charge in [-0.3, -0.25) is 0 Å². The number of fused-ring (bicyclic) bond motifs is 4. The van der Waals surface area contributed by atoms with Gasteiger partial charge >= 0.3 is 0 Å². The zero-order chi connectivity index (χ0) is 18.4. The van der Waals surface area contributed by atoms with Crippen LogP contribution in [0.1, 0.15) is 18.9 Å². The van der Waals surface area contributed by atoms with Crippen LogP contribution in [0.15, 0.2) is 83.3 Å². The normalized spacial score (nSPS) is 12.8. The smallest absolute Gasteiger partial charge is 0.136 e. The molecule has 1 heterocycles. The zero-order valence-corrected chi connectivity index (χ0v) is 15.3. The van der Waals surface area contributed by atoms with Crippen LogP contribution in [-0.2, 0) is 0 Å². The van der Waals surface area contributed by atoms with Crippen LogP contribution in [0.4, 0.5) is 0 Å². The Morgan fingerprint density at radius 1 is 0.778 bits per heavy atom. The highest BCUT2D eigenvalue weighted by Crippen LogP contribution is 2.33. The summed E-state index contributed by atoms with van der Waals surface area (Å²) in [7, 11) is 0. The van der Waals surface area contributed by atoms with E-state index in [1.807, 2.05) is 6.07 Å². The first-order valence-corrected chi connectivity index (χ1v) is 9.37. The van der Waals surface area contributed by atoms with Crippen molar-refractivity contribution in [2.24, 2.45) is 0 Å². The number of rotatable bonds is 2. The van der Waals surface area contributed by atoms with Crippen LogP contribution < -0.4 is 10.4 Å². The van der Waals surface area contributed by atoms with E-state index in [4.69, 9.17) is 4.42 Å². The van der Waals surface area contributed by atoms with Crippen LogP contribution in [0.3, 0.4) is 0 Å². The summed E-state index contributed by atoms with van der Waals surface area (Å²) in [5, 5.41) is 7.07. The molecule has 0 aliphatic heterocycles. The van der Waals surface area contributed by atoms with Crippen LogP contribution >= 0.6 is 0 Å². The molecule has 1 nitrogen and oxygen atoms in total. The van der Waals surface area contributed by atoms with E-state index in [-0.39, 0.29) is 0 Å². The van der Waals surface area contributed by atoms with E-state index >= 15 is 0 Å². The molecule has 130 valence electrons. The topological polar surface area (TPSA) is 13.1 Å². The standard InChI is InChI=1S/C26H20O/c1-3-21(22-11-7-4-8-17(22)2)20-12-13-25-23(15-20)24-14-18-9-5-6-10-19(18)16-26(24)27-25/h4-16H,2-3H2,1H3/b22-21+. The highest BCUT2D eigenvalue weighted by molar-refractivity contribution is 6.10. The average molecular weight is 348 g/mol. The molecule has 0 N–H and O–H groups in total. The molecule has 0 saturated heterocycles. The van der Waals surface area contributed by atoms with Gasteiger partial charge in [0.15, 0.2) is 0 Å². The molecule has 27 heavy (non-hydrogen) atoms. The monoisotopic (exact) mass is 348 g/mol. The SMILES string of the molecule is C=c1cccc/c1=C(/CC)c1ccc2oc3cc4ccccc4cc3c2c1. The van der Waals surface area contributed by atoms with Crippen molar-refractivity contribution in [1.29, 1.82) is 0 Å². The van der Waals surface area contributed by atoms with Gasteiger partial charge in [0.05, 0.1) is 0 Å². The third-order valence-electron chi connectivity index (χ3n) is 5.38. The Hall–Kier alpha value is -3.32. The fourth-order valence-corrected chi connectivity index (χ4v) is 4.01. The minimum atomic E-state index is 0.933. The van der Waals surface area contributed by atoms with Crippen molar-refractivity contribution < 1.29 is 4.42 Å². The second-order valence-electron chi connectivity index (χ2n) is 7.00. The third-order valence-corrected chi connectivity index (χ3v) is 5.38. The predicted molar refractivity (Wildman–Crippen MR) is 115 cm³/mol. The van der Waals surface area contributed by atoms with Gasteiger partial charge in [-0.25, -0.2) is 0 Å². The molecule has 0 spiro atoms. The van der Waals surface area contributed by atoms with Crippen LogP contribution in [-0.4, -0.2) is 0 Å². The highest BCUT2D eigenvalue weighted by atomic mass is 16.3. The molecule has 0 unspecified atom stereocenters. The Labute approximate surface area is 157 Å². The van der Waals surface area contributed by atoms with Gasteiger partial charge in [0.25, 0.3) is 0 Å². The first kappa shape index (κ1) is 15.9. The van der Waals surface area contributed by atoms with Gasteiger partial charge in [0.1, 0.15) is 11.2 Å². The lowest BCUT2D eigenvalue weighted by Gasteiger charge is -2.06. The lowest BCUT2D eigenvalue weighted by molar-refractivity contribution is 0.669. The summed E-state index contributed by atoms with van der Waals surface area (Å²) in [6.45, 7) is 6.41. The van der Waals surface area contributed by atoms with E-state index in [2.05, 4.69) is 86.3 Å². The molecular formula is C26H20O. The summed E-state index contributed by atoms with van der Waals surface area (Å²) in [6.07, 6.45) is 0.955. The van der Waals surface area contributed by atoms with Gasteiger partial charge in [-0.15, -0.1) is 0 Å². The summed E-state index contributed by atoms with van der Waals surface area (Å²) in [5.74, 6) is 0. The summed E-state index contributed by atoms with van der Waals surface area (Å²) in [5.41, 5.74) is 4.42. The molecule has 0 amide bonds. The molecule has 0 radical (unpaired) electrons. The lowest BCUT2D eigenvalue weighted by Crippen LogP contribution is -2.25. The molecule has 5 aromatic rings. The molecule has 1 aromatic heterocycles. The van der Waals surface area contributed by atoms with Gasteiger partial charge in [-0.05, 0) is 63.0 Å². The van der Waals surface area contributed by atoms with E-state index in [0.717, 1.165) is 22.8 Å². The summed E-state index contributed by atoms with van der Waals surface area (Å²) < 4.78 is 6.14. The summed E-state index contributed by atoms with van der Waals surface area (Å²) in [4.78, 5) is 0. The van der Waals surface area contributed by atoms with Crippen LogP contribution in [0.25, 0.3) is 44.9 Å². The Balaban J connectivity index is 1.84. The molecule has 0 fully saturated rings. The molecule has 0 aliphatic rings. The van der Waals surface area contributed by atoms with E-state index in [9.17, 15) is 0 Å². The third kappa shape index (κ3) is 2.55. The molecule has 1 heteroatoms. The van der Waals surface area contributed by atoms with Crippen molar-refractivity contribution in [2.45, 2.75) is 13.3 Å². The zero-order valence-electron chi connectivity index (χ0n) is 15.3.